The lowest BCUT2D eigenvalue weighted by Crippen LogP contribution is -2.14. The highest BCUT2D eigenvalue weighted by atomic mass is 35.5. The summed E-state index contributed by atoms with van der Waals surface area (Å²) in [4.78, 5) is 0.122. The van der Waals surface area contributed by atoms with Crippen LogP contribution >= 0.6 is 11.6 Å². The third kappa shape index (κ3) is 3.37. The number of sulfonamides is 1. The van der Waals surface area contributed by atoms with Gasteiger partial charge in [0.05, 0.1) is 27.5 Å². The second kappa shape index (κ2) is 7.30. The summed E-state index contributed by atoms with van der Waals surface area (Å²) >= 11 is 6.53. The molecule has 0 aliphatic heterocycles. The van der Waals surface area contributed by atoms with Gasteiger partial charge in [0.2, 0.25) is 0 Å². The molecule has 142 valence electrons. The molecule has 0 bridgehead atoms. The van der Waals surface area contributed by atoms with E-state index < -0.39 is 10.0 Å². The first-order valence-electron chi connectivity index (χ1n) is 8.88. The third-order valence-electron chi connectivity index (χ3n) is 4.76. The Labute approximate surface area is 168 Å². The number of aryl methyl sites for hydroxylation is 1. The van der Waals surface area contributed by atoms with Gasteiger partial charge < -0.3 is 0 Å². The molecule has 1 aliphatic rings. The Hall–Kier alpha value is -2.82. The SMILES string of the molecule is N#Cc1ccc(-n2nc3c(c2Cl)CCCC3)cc1NS(=O)(=O)c1ccccc1. The molecule has 1 aromatic heterocycles. The van der Waals surface area contributed by atoms with Crippen molar-refractivity contribution in [1.82, 2.24) is 9.78 Å². The molecule has 2 aromatic carbocycles. The van der Waals surface area contributed by atoms with E-state index in [2.05, 4.69) is 9.82 Å². The molecule has 6 nitrogen and oxygen atoms in total. The highest BCUT2D eigenvalue weighted by Gasteiger charge is 2.21. The molecule has 0 atom stereocenters. The summed E-state index contributed by atoms with van der Waals surface area (Å²) in [5.41, 5.74) is 3.03. The van der Waals surface area contributed by atoms with Crippen molar-refractivity contribution < 1.29 is 8.42 Å². The zero-order valence-electron chi connectivity index (χ0n) is 14.9. The van der Waals surface area contributed by atoms with E-state index in [4.69, 9.17) is 11.6 Å². The van der Waals surface area contributed by atoms with E-state index in [-0.39, 0.29) is 16.1 Å². The van der Waals surface area contributed by atoms with Gasteiger partial charge in [-0.2, -0.15) is 10.4 Å². The highest BCUT2D eigenvalue weighted by molar-refractivity contribution is 7.92. The van der Waals surface area contributed by atoms with Crippen LogP contribution in [0.2, 0.25) is 5.15 Å². The van der Waals surface area contributed by atoms with Crippen molar-refractivity contribution in [3.63, 3.8) is 0 Å². The Morgan fingerprint density at radius 1 is 1.11 bits per heavy atom. The Kier molecular flexibility index (Phi) is 4.84. The van der Waals surface area contributed by atoms with Crippen molar-refractivity contribution >= 4 is 27.3 Å². The molecule has 28 heavy (non-hydrogen) atoms. The molecule has 1 N–H and O–H groups in total. The van der Waals surface area contributed by atoms with Crippen LogP contribution in [0.1, 0.15) is 29.7 Å². The summed E-state index contributed by atoms with van der Waals surface area (Å²) in [7, 11) is -3.82. The Morgan fingerprint density at radius 2 is 1.86 bits per heavy atom. The van der Waals surface area contributed by atoms with Crippen molar-refractivity contribution in [1.29, 1.82) is 5.26 Å². The average molecular weight is 413 g/mol. The van der Waals surface area contributed by atoms with E-state index in [9.17, 15) is 13.7 Å². The molecule has 0 saturated carbocycles. The topological polar surface area (TPSA) is 87.8 Å². The monoisotopic (exact) mass is 412 g/mol. The second-order valence-electron chi connectivity index (χ2n) is 6.60. The van der Waals surface area contributed by atoms with Crippen LogP contribution in [0.3, 0.4) is 0 Å². The maximum atomic E-state index is 12.7. The van der Waals surface area contributed by atoms with Crippen LogP contribution in [0, 0.1) is 11.3 Å². The van der Waals surface area contributed by atoms with Gasteiger partial charge >= 0.3 is 0 Å². The zero-order chi connectivity index (χ0) is 19.7. The minimum absolute atomic E-state index is 0.122. The largest absolute Gasteiger partial charge is 0.278 e. The second-order valence-corrected chi connectivity index (χ2v) is 8.64. The van der Waals surface area contributed by atoms with Gasteiger partial charge in [-0.1, -0.05) is 29.8 Å². The summed E-state index contributed by atoms with van der Waals surface area (Å²) in [6.07, 6.45) is 3.92. The van der Waals surface area contributed by atoms with E-state index in [0.29, 0.717) is 10.8 Å². The lowest BCUT2D eigenvalue weighted by atomic mass is 9.99. The normalized spacial score (nSPS) is 13.6. The van der Waals surface area contributed by atoms with Crippen LogP contribution < -0.4 is 4.72 Å². The first-order chi connectivity index (χ1) is 13.5. The number of hydrogen-bond donors (Lipinski definition) is 1. The van der Waals surface area contributed by atoms with Gasteiger partial charge in [-0.15, -0.1) is 0 Å². The summed E-state index contributed by atoms with van der Waals surface area (Å²) in [6, 6.07) is 14.9. The fourth-order valence-electron chi connectivity index (χ4n) is 3.33. The summed E-state index contributed by atoms with van der Waals surface area (Å²) < 4.78 is 29.5. The number of hydrogen-bond acceptors (Lipinski definition) is 4. The van der Waals surface area contributed by atoms with Crippen LogP contribution in [-0.2, 0) is 22.9 Å². The number of fused-ring (bicyclic) bond motifs is 1. The molecule has 0 spiro atoms. The van der Waals surface area contributed by atoms with Crippen molar-refractivity contribution in [3.05, 3.63) is 70.5 Å². The minimum atomic E-state index is -3.82. The van der Waals surface area contributed by atoms with Gasteiger partial charge in [-0.25, -0.2) is 13.1 Å². The van der Waals surface area contributed by atoms with Gasteiger partial charge in [0.1, 0.15) is 11.2 Å². The van der Waals surface area contributed by atoms with E-state index in [0.717, 1.165) is 36.9 Å². The van der Waals surface area contributed by atoms with E-state index in [1.54, 1.807) is 41.1 Å². The number of nitrogens with one attached hydrogen (secondary N) is 1. The Balaban J connectivity index is 1.76. The number of nitriles is 1. The lowest BCUT2D eigenvalue weighted by molar-refractivity contribution is 0.601. The minimum Gasteiger partial charge on any atom is -0.278 e. The fourth-order valence-corrected chi connectivity index (χ4v) is 4.77. The molecule has 0 unspecified atom stereocenters. The van der Waals surface area contributed by atoms with Gasteiger partial charge in [0.25, 0.3) is 10.0 Å². The molecule has 1 heterocycles. The smallest absolute Gasteiger partial charge is 0.261 e. The van der Waals surface area contributed by atoms with Crippen molar-refractivity contribution in [2.24, 2.45) is 0 Å². The van der Waals surface area contributed by atoms with Crippen molar-refractivity contribution in [2.75, 3.05) is 4.72 Å². The van der Waals surface area contributed by atoms with Gasteiger partial charge in [0.15, 0.2) is 0 Å². The van der Waals surface area contributed by atoms with Gasteiger partial charge in [-0.05, 0) is 56.0 Å². The summed E-state index contributed by atoms with van der Waals surface area (Å²) in [6.45, 7) is 0. The number of rotatable bonds is 4. The van der Waals surface area contributed by atoms with E-state index in [1.165, 1.54) is 12.1 Å². The average Bonchev–Trinajstić information content (AvgIpc) is 3.05. The zero-order valence-corrected chi connectivity index (χ0v) is 16.5. The quantitative estimate of drug-likeness (QED) is 0.699. The standard InChI is InChI=1S/C20H17ClN4O2S/c21-20-17-8-4-5-9-18(17)23-25(20)15-11-10-14(13-22)19(12-15)24-28(26,27)16-6-2-1-3-7-16/h1-3,6-7,10-12,24H,4-5,8-9H2. The van der Waals surface area contributed by atoms with E-state index in [1.807, 2.05) is 6.07 Å². The number of nitrogens with zero attached hydrogens (tertiary/aromatic N) is 3. The predicted molar refractivity (Wildman–Crippen MR) is 107 cm³/mol. The number of aromatic nitrogens is 2. The lowest BCUT2D eigenvalue weighted by Gasteiger charge is -2.12. The number of halogens is 1. The summed E-state index contributed by atoms with van der Waals surface area (Å²) in [5.74, 6) is 0. The molecule has 8 heteroatoms. The van der Waals surface area contributed by atoms with Crippen molar-refractivity contribution in [3.8, 4) is 11.8 Å². The molecular formula is C20H17ClN4O2S. The summed E-state index contributed by atoms with van der Waals surface area (Å²) in [5, 5.41) is 14.5. The van der Waals surface area contributed by atoms with Crippen LogP contribution in [0.5, 0.6) is 0 Å². The van der Waals surface area contributed by atoms with Crippen molar-refractivity contribution in [2.45, 2.75) is 30.6 Å². The molecule has 4 rings (SSSR count). The van der Waals surface area contributed by atoms with E-state index >= 15 is 0 Å². The Morgan fingerprint density at radius 3 is 2.57 bits per heavy atom. The van der Waals surface area contributed by atoms with Gasteiger partial charge in [0, 0.05) is 5.56 Å². The Bertz CT molecular complexity index is 1180. The molecule has 0 saturated heterocycles. The predicted octanol–water partition coefficient (Wildman–Crippen LogP) is 4.08. The molecule has 3 aromatic rings. The van der Waals surface area contributed by atoms with Crippen LogP contribution in [0.15, 0.2) is 53.4 Å². The van der Waals surface area contributed by atoms with Crippen LogP contribution in [-0.4, -0.2) is 18.2 Å². The van der Waals surface area contributed by atoms with Crippen LogP contribution in [0.25, 0.3) is 5.69 Å². The highest BCUT2D eigenvalue weighted by Crippen LogP contribution is 2.31. The fraction of sp³-hybridized carbons (Fsp3) is 0.200. The van der Waals surface area contributed by atoms with Crippen LogP contribution in [0.4, 0.5) is 5.69 Å². The first kappa shape index (κ1) is 18.5. The molecule has 0 radical (unpaired) electrons. The maximum Gasteiger partial charge on any atom is 0.261 e. The molecular weight excluding hydrogens is 396 g/mol. The molecule has 0 amide bonds. The maximum absolute atomic E-state index is 12.7. The first-order valence-corrected chi connectivity index (χ1v) is 10.7. The number of benzene rings is 2. The van der Waals surface area contributed by atoms with Gasteiger partial charge in [-0.3, -0.25) is 4.72 Å². The molecule has 1 aliphatic carbocycles. The third-order valence-corrected chi connectivity index (χ3v) is 6.53. The number of anilines is 1. The molecule has 0 fully saturated rings.